The summed E-state index contributed by atoms with van der Waals surface area (Å²) in [6.45, 7) is 6.61. The standard InChI is InChI=1S/C10H15OSi/c1-10(2,3)8-4-6-9(11-12)7-5-8/h4-7H,12H2,1-3H3. The minimum absolute atomic E-state index is 0.231. The van der Waals surface area contributed by atoms with E-state index in [-0.39, 0.29) is 5.41 Å². The monoisotopic (exact) mass is 179 g/mol. The van der Waals surface area contributed by atoms with Gasteiger partial charge in [-0.2, -0.15) is 0 Å². The van der Waals surface area contributed by atoms with E-state index in [4.69, 9.17) is 4.43 Å². The number of rotatable bonds is 1. The maximum Gasteiger partial charge on any atom is 0.243 e. The van der Waals surface area contributed by atoms with Crippen molar-refractivity contribution in [3.05, 3.63) is 29.8 Å². The Bertz CT molecular complexity index is 246. The minimum atomic E-state index is 0.231. The quantitative estimate of drug-likeness (QED) is 0.598. The van der Waals surface area contributed by atoms with Crippen LogP contribution in [-0.2, 0) is 5.41 Å². The molecule has 0 saturated carbocycles. The van der Waals surface area contributed by atoms with Gasteiger partial charge in [-0.15, -0.1) is 0 Å². The summed E-state index contributed by atoms with van der Waals surface area (Å²) >= 11 is 0. The van der Waals surface area contributed by atoms with Crippen LogP contribution in [0.1, 0.15) is 26.3 Å². The van der Waals surface area contributed by atoms with Gasteiger partial charge in [0.05, 0.1) is 0 Å². The number of hydrogen-bond donors (Lipinski definition) is 0. The van der Waals surface area contributed by atoms with Crippen molar-refractivity contribution >= 4 is 10.5 Å². The van der Waals surface area contributed by atoms with Crippen LogP contribution in [-0.4, -0.2) is 10.5 Å². The van der Waals surface area contributed by atoms with E-state index >= 15 is 0 Å². The van der Waals surface area contributed by atoms with Crippen LogP contribution in [0.15, 0.2) is 24.3 Å². The molecule has 0 heterocycles. The molecule has 0 fully saturated rings. The van der Waals surface area contributed by atoms with E-state index in [2.05, 4.69) is 32.9 Å². The summed E-state index contributed by atoms with van der Waals surface area (Å²) in [5, 5.41) is 0. The highest BCUT2D eigenvalue weighted by molar-refractivity contribution is 5.99. The first-order chi connectivity index (χ1) is 5.54. The summed E-state index contributed by atoms with van der Waals surface area (Å²) in [5.74, 6) is 0.932. The molecule has 1 aromatic carbocycles. The lowest BCUT2D eigenvalue weighted by atomic mass is 9.87. The molecule has 1 nitrogen and oxygen atoms in total. The minimum Gasteiger partial charge on any atom is -0.549 e. The van der Waals surface area contributed by atoms with Crippen LogP contribution in [0, 0.1) is 0 Å². The van der Waals surface area contributed by atoms with Crippen molar-refractivity contribution in [2.75, 3.05) is 0 Å². The molecule has 0 aliphatic carbocycles. The maximum atomic E-state index is 5.11. The van der Waals surface area contributed by atoms with E-state index in [0.717, 1.165) is 5.75 Å². The molecule has 0 aliphatic rings. The van der Waals surface area contributed by atoms with Gasteiger partial charge < -0.3 is 4.43 Å². The van der Waals surface area contributed by atoms with Crippen molar-refractivity contribution < 1.29 is 4.43 Å². The number of hydrogen-bond acceptors (Lipinski definition) is 1. The van der Waals surface area contributed by atoms with E-state index in [9.17, 15) is 0 Å². The van der Waals surface area contributed by atoms with Crippen molar-refractivity contribution in [1.82, 2.24) is 0 Å². The Morgan fingerprint density at radius 3 is 1.92 bits per heavy atom. The summed E-state index contributed by atoms with van der Waals surface area (Å²) < 4.78 is 5.11. The second kappa shape index (κ2) is 3.31. The van der Waals surface area contributed by atoms with Gasteiger partial charge in [-0.3, -0.25) is 0 Å². The van der Waals surface area contributed by atoms with Crippen molar-refractivity contribution in [2.45, 2.75) is 26.2 Å². The smallest absolute Gasteiger partial charge is 0.243 e. The molecule has 0 saturated heterocycles. The van der Waals surface area contributed by atoms with Gasteiger partial charge in [0.2, 0.25) is 10.5 Å². The Morgan fingerprint density at radius 2 is 1.58 bits per heavy atom. The predicted octanol–water partition coefficient (Wildman–Crippen LogP) is 1.91. The molecule has 1 aromatic rings. The summed E-state index contributed by atoms with van der Waals surface area (Å²) in [6, 6.07) is 8.24. The zero-order valence-corrected chi connectivity index (χ0v) is 9.34. The first-order valence-electron chi connectivity index (χ1n) is 4.06. The lowest BCUT2D eigenvalue weighted by Gasteiger charge is -2.18. The molecule has 65 valence electrons. The van der Waals surface area contributed by atoms with Crippen LogP contribution in [0.3, 0.4) is 0 Å². The van der Waals surface area contributed by atoms with Gasteiger partial charge in [0.25, 0.3) is 0 Å². The summed E-state index contributed by atoms with van der Waals surface area (Å²) in [5.41, 5.74) is 1.57. The Labute approximate surface area is 77.3 Å². The Kier molecular flexibility index (Phi) is 2.57. The molecule has 0 spiro atoms. The van der Waals surface area contributed by atoms with Crippen LogP contribution < -0.4 is 4.43 Å². The fraction of sp³-hybridized carbons (Fsp3) is 0.400. The molecule has 1 rings (SSSR count). The van der Waals surface area contributed by atoms with E-state index in [1.54, 1.807) is 0 Å². The SMILES string of the molecule is CC(C)(C)c1ccc(O[SiH2])cc1. The third-order valence-electron chi connectivity index (χ3n) is 1.89. The second-order valence-electron chi connectivity index (χ2n) is 3.92. The molecule has 0 atom stereocenters. The van der Waals surface area contributed by atoms with Crippen LogP contribution in [0.5, 0.6) is 5.75 Å². The van der Waals surface area contributed by atoms with E-state index < -0.39 is 0 Å². The van der Waals surface area contributed by atoms with Gasteiger partial charge in [-0.25, -0.2) is 0 Å². The predicted molar refractivity (Wildman–Crippen MR) is 54.3 cm³/mol. The molecular weight excluding hydrogens is 164 g/mol. The second-order valence-corrected chi connectivity index (χ2v) is 4.21. The van der Waals surface area contributed by atoms with Crippen LogP contribution in [0.25, 0.3) is 0 Å². The highest BCUT2D eigenvalue weighted by Gasteiger charge is 2.12. The van der Waals surface area contributed by atoms with Crippen molar-refractivity contribution in [2.24, 2.45) is 0 Å². The molecular formula is C10H15OSi. The van der Waals surface area contributed by atoms with Crippen molar-refractivity contribution in [3.8, 4) is 5.75 Å². The molecule has 0 amide bonds. The van der Waals surface area contributed by atoms with Crippen LogP contribution in [0.2, 0.25) is 0 Å². The molecule has 0 aliphatic heterocycles. The van der Waals surface area contributed by atoms with Crippen LogP contribution >= 0.6 is 0 Å². The van der Waals surface area contributed by atoms with Crippen molar-refractivity contribution in [1.29, 1.82) is 0 Å². The molecule has 12 heavy (non-hydrogen) atoms. The molecule has 0 bridgehead atoms. The van der Waals surface area contributed by atoms with Crippen LogP contribution in [0.4, 0.5) is 0 Å². The molecule has 1 radical (unpaired) electrons. The lowest BCUT2D eigenvalue weighted by Crippen LogP contribution is -2.10. The Hall–Kier alpha value is -0.763. The molecule has 0 unspecified atom stereocenters. The Balaban J connectivity index is 2.93. The summed E-state index contributed by atoms with van der Waals surface area (Å²) in [6.07, 6.45) is 0. The summed E-state index contributed by atoms with van der Waals surface area (Å²) in [7, 11) is 1.50. The number of benzene rings is 1. The van der Waals surface area contributed by atoms with Gasteiger partial charge in [0, 0.05) is 0 Å². The van der Waals surface area contributed by atoms with Gasteiger partial charge in [0.15, 0.2) is 0 Å². The van der Waals surface area contributed by atoms with E-state index in [0.29, 0.717) is 0 Å². The highest BCUT2D eigenvalue weighted by atomic mass is 28.2. The lowest BCUT2D eigenvalue weighted by molar-refractivity contribution is 0.584. The van der Waals surface area contributed by atoms with Gasteiger partial charge in [-0.1, -0.05) is 32.9 Å². The van der Waals surface area contributed by atoms with Gasteiger partial charge >= 0.3 is 0 Å². The van der Waals surface area contributed by atoms with Gasteiger partial charge in [0.1, 0.15) is 5.75 Å². The largest absolute Gasteiger partial charge is 0.549 e. The van der Waals surface area contributed by atoms with Crippen molar-refractivity contribution in [3.63, 3.8) is 0 Å². The summed E-state index contributed by atoms with van der Waals surface area (Å²) in [4.78, 5) is 0. The highest BCUT2D eigenvalue weighted by Crippen LogP contribution is 2.23. The topological polar surface area (TPSA) is 9.23 Å². The third kappa shape index (κ3) is 2.11. The zero-order valence-electron chi connectivity index (χ0n) is 7.92. The zero-order chi connectivity index (χ0) is 9.19. The third-order valence-corrected chi connectivity index (χ3v) is 2.22. The molecule has 0 N–H and O–H groups in total. The fourth-order valence-corrected chi connectivity index (χ4v) is 1.24. The first kappa shape index (κ1) is 9.33. The molecule has 0 aromatic heterocycles. The fourth-order valence-electron chi connectivity index (χ4n) is 1.05. The normalized spacial score (nSPS) is 11.3. The molecule has 2 heteroatoms. The van der Waals surface area contributed by atoms with E-state index in [1.807, 2.05) is 12.1 Å². The Morgan fingerprint density at radius 1 is 1.08 bits per heavy atom. The average Bonchev–Trinajstić information content (AvgIpc) is 2.03. The average molecular weight is 179 g/mol. The van der Waals surface area contributed by atoms with Gasteiger partial charge in [-0.05, 0) is 23.1 Å². The maximum absolute atomic E-state index is 5.11. The van der Waals surface area contributed by atoms with E-state index in [1.165, 1.54) is 16.0 Å². The first-order valence-corrected chi connectivity index (χ1v) is 4.64.